The van der Waals surface area contributed by atoms with E-state index in [1.807, 2.05) is 63.2 Å². The zero-order valence-corrected chi connectivity index (χ0v) is 17.8. The predicted octanol–water partition coefficient (Wildman–Crippen LogP) is 4.00. The van der Waals surface area contributed by atoms with Gasteiger partial charge in [0.05, 0.1) is 16.8 Å². The Morgan fingerprint density at radius 1 is 1.03 bits per heavy atom. The lowest BCUT2D eigenvalue weighted by molar-refractivity contribution is -0.117. The van der Waals surface area contributed by atoms with E-state index in [-0.39, 0.29) is 11.7 Å². The number of rotatable bonds is 6. The molecule has 0 atom stereocenters. The number of carbonyl (C=O) groups is 2. The van der Waals surface area contributed by atoms with Gasteiger partial charge in [0.1, 0.15) is 0 Å². The second-order valence-electron chi connectivity index (χ2n) is 7.81. The summed E-state index contributed by atoms with van der Waals surface area (Å²) in [6.07, 6.45) is 0.870. The van der Waals surface area contributed by atoms with Crippen molar-refractivity contribution in [1.82, 2.24) is 20.2 Å². The molecule has 1 heterocycles. The molecular formula is C22H26N4O2S. The molecule has 3 rings (SSSR count). The lowest BCUT2D eigenvalue weighted by Gasteiger charge is -2.20. The molecule has 2 aromatic carbocycles. The summed E-state index contributed by atoms with van der Waals surface area (Å²) in [5.74, 6) is -0.231. The number of carbonyl (C=O) groups excluding carboxylic acids is 2. The fraction of sp³-hybridized carbons (Fsp3) is 0.318. The van der Waals surface area contributed by atoms with Crippen molar-refractivity contribution in [3.05, 3.63) is 60.2 Å². The first-order valence-corrected chi connectivity index (χ1v) is 10.5. The van der Waals surface area contributed by atoms with Crippen LogP contribution in [0.25, 0.3) is 11.0 Å². The summed E-state index contributed by atoms with van der Waals surface area (Å²) < 4.78 is 2.13. The largest absolute Gasteiger partial charge is 0.333 e. The van der Waals surface area contributed by atoms with E-state index in [2.05, 4.69) is 32.3 Å². The van der Waals surface area contributed by atoms with E-state index in [1.54, 1.807) is 0 Å². The fourth-order valence-corrected chi connectivity index (χ4v) is 3.77. The Hall–Kier alpha value is -2.80. The molecule has 0 saturated carbocycles. The van der Waals surface area contributed by atoms with Crippen LogP contribution in [-0.4, -0.2) is 32.8 Å². The standard InChI is InChI=1S/C22H26N4O2S/c1-22(2,3)25-20(28)24-19(27)15-29-21-23-17-11-7-8-12-18(17)26(21)14-13-16-9-5-4-6-10-16/h4-12H,13-15H2,1-3H3,(H2,24,25,27,28). The van der Waals surface area contributed by atoms with Gasteiger partial charge in [-0.25, -0.2) is 9.78 Å². The van der Waals surface area contributed by atoms with Crippen molar-refractivity contribution in [2.24, 2.45) is 0 Å². The normalized spacial score (nSPS) is 11.4. The number of nitrogens with one attached hydrogen (secondary N) is 2. The van der Waals surface area contributed by atoms with E-state index in [1.165, 1.54) is 17.3 Å². The summed E-state index contributed by atoms with van der Waals surface area (Å²) in [5.41, 5.74) is 2.78. The first-order valence-electron chi connectivity index (χ1n) is 9.56. The van der Waals surface area contributed by atoms with Crippen LogP contribution >= 0.6 is 11.8 Å². The molecule has 0 aliphatic carbocycles. The number of nitrogens with zero attached hydrogens (tertiary/aromatic N) is 2. The van der Waals surface area contributed by atoms with Gasteiger partial charge >= 0.3 is 6.03 Å². The molecule has 0 aliphatic rings. The monoisotopic (exact) mass is 410 g/mol. The highest BCUT2D eigenvalue weighted by Crippen LogP contribution is 2.24. The Morgan fingerprint density at radius 2 is 1.72 bits per heavy atom. The molecule has 6 nitrogen and oxygen atoms in total. The van der Waals surface area contributed by atoms with Gasteiger partial charge in [0.25, 0.3) is 0 Å². The Bertz CT molecular complexity index is 993. The van der Waals surface area contributed by atoms with Gasteiger partial charge in [0.15, 0.2) is 5.16 Å². The molecule has 3 aromatic rings. The zero-order chi connectivity index (χ0) is 20.9. The topological polar surface area (TPSA) is 76.0 Å². The van der Waals surface area contributed by atoms with Crippen molar-refractivity contribution in [2.75, 3.05) is 5.75 Å². The van der Waals surface area contributed by atoms with Crippen molar-refractivity contribution < 1.29 is 9.59 Å². The van der Waals surface area contributed by atoms with Crippen molar-refractivity contribution >= 4 is 34.7 Å². The number of imidazole rings is 1. The minimum absolute atomic E-state index is 0.117. The van der Waals surface area contributed by atoms with Crippen molar-refractivity contribution in [3.8, 4) is 0 Å². The van der Waals surface area contributed by atoms with Crippen LogP contribution in [0.1, 0.15) is 26.3 Å². The van der Waals surface area contributed by atoms with Crippen molar-refractivity contribution in [1.29, 1.82) is 0 Å². The molecule has 0 aliphatic heterocycles. The zero-order valence-electron chi connectivity index (χ0n) is 16.9. The molecule has 0 fully saturated rings. The van der Waals surface area contributed by atoms with Gasteiger partial charge in [-0.1, -0.05) is 54.2 Å². The maximum Gasteiger partial charge on any atom is 0.321 e. The summed E-state index contributed by atoms with van der Waals surface area (Å²) in [6.45, 7) is 6.35. The van der Waals surface area contributed by atoms with Crippen LogP contribution in [0.2, 0.25) is 0 Å². The molecule has 29 heavy (non-hydrogen) atoms. The number of thioether (sulfide) groups is 1. The number of fused-ring (bicyclic) bond motifs is 1. The van der Waals surface area contributed by atoms with E-state index in [0.29, 0.717) is 0 Å². The molecule has 0 spiro atoms. The van der Waals surface area contributed by atoms with Crippen LogP contribution in [0.5, 0.6) is 0 Å². The van der Waals surface area contributed by atoms with Crippen molar-refractivity contribution in [3.63, 3.8) is 0 Å². The highest BCUT2D eigenvalue weighted by atomic mass is 32.2. The van der Waals surface area contributed by atoms with E-state index in [9.17, 15) is 9.59 Å². The number of imide groups is 1. The Morgan fingerprint density at radius 3 is 2.45 bits per heavy atom. The molecule has 0 bridgehead atoms. The fourth-order valence-electron chi connectivity index (χ4n) is 2.93. The average molecular weight is 411 g/mol. The summed E-state index contributed by atoms with van der Waals surface area (Å²) in [6, 6.07) is 17.7. The third-order valence-electron chi connectivity index (χ3n) is 4.16. The summed E-state index contributed by atoms with van der Waals surface area (Å²) in [4.78, 5) is 28.7. The number of aromatic nitrogens is 2. The van der Waals surface area contributed by atoms with Gasteiger partial charge in [-0.2, -0.15) is 0 Å². The number of urea groups is 1. The molecule has 3 amide bonds. The Labute approximate surface area is 175 Å². The average Bonchev–Trinajstić information content (AvgIpc) is 3.01. The minimum Gasteiger partial charge on any atom is -0.333 e. The maximum atomic E-state index is 12.2. The minimum atomic E-state index is -0.485. The van der Waals surface area contributed by atoms with E-state index < -0.39 is 11.6 Å². The van der Waals surface area contributed by atoms with Crippen LogP contribution in [0.15, 0.2) is 59.8 Å². The lowest BCUT2D eigenvalue weighted by Crippen LogP contribution is -2.48. The number of para-hydroxylation sites is 2. The summed E-state index contributed by atoms with van der Waals surface area (Å²) in [5, 5.41) is 5.86. The van der Waals surface area contributed by atoms with Gasteiger partial charge < -0.3 is 9.88 Å². The molecule has 7 heteroatoms. The molecular weight excluding hydrogens is 384 g/mol. The second kappa shape index (κ2) is 9.13. The Balaban J connectivity index is 1.68. The lowest BCUT2D eigenvalue weighted by atomic mass is 10.1. The number of aryl methyl sites for hydroxylation is 2. The number of benzene rings is 2. The number of hydrogen-bond donors (Lipinski definition) is 2. The maximum absolute atomic E-state index is 12.2. The summed E-state index contributed by atoms with van der Waals surface area (Å²) >= 11 is 1.34. The van der Waals surface area contributed by atoms with Gasteiger partial charge in [0, 0.05) is 12.1 Å². The smallest absolute Gasteiger partial charge is 0.321 e. The number of hydrogen-bond acceptors (Lipinski definition) is 4. The second-order valence-corrected chi connectivity index (χ2v) is 8.75. The Kier molecular flexibility index (Phi) is 6.59. The first kappa shape index (κ1) is 20.9. The van der Waals surface area contributed by atoms with Gasteiger partial charge in [-0.15, -0.1) is 0 Å². The summed E-state index contributed by atoms with van der Waals surface area (Å²) in [7, 11) is 0. The molecule has 0 radical (unpaired) electrons. The quantitative estimate of drug-likeness (QED) is 0.603. The predicted molar refractivity (Wildman–Crippen MR) is 117 cm³/mol. The van der Waals surface area contributed by atoms with Gasteiger partial charge in [-0.05, 0) is 44.9 Å². The highest BCUT2D eigenvalue weighted by molar-refractivity contribution is 7.99. The highest BCUT2D eigenvalue weighted by Gasteiger charge is 2.17. The first-order chi connectivity index (χ1) is 13.8. The van der Waals surface area contributed by atoms with Crippen LogP contribution in [0, 0.1) is 0 Å². The third kappa shape index (κ3) is 6.09. The SMILES string of the molecule is CC(C)(C)NC(=O)NC(=O)CSc1nc2ccccc2n1CCc1ccccc1. The third-order valence-corrected chi connectivity index (χ3v) is 5.14. The van der Waals surface area contributed by atoms with Crippen LogP contribution in [0.3, 0.4) is 0 Å². The van der Waals surface area contributed by atoms with E-state index >= 15 is 0 Å². The van der Waals surface area contributed by atoms with Crippen LogP contribution in [-0.2, 0) is 17.8 Å². The molecule has 0 unspecified atom stereocenters. The van der Waals surface area contributed by atoms with Gasteiger partial charge in [-0.3, -0.25) is 10.1 Å². The molecule has 2 N–H and O–H groups in total. The molecule has 152 valence electrons. The molecule has 0 saturated heterocycles. The van der Waals surface area contributed by atoms with E-state index in [4.69, 9.17) is 0 Å². The van der Waals surface area contributed by atoms with E-state index in [0.717, 1.165) is 29.2 Å². The van der Waals surface area contributed by atoms with Crippen molar-refractivity contribution in [2.45, 2.75) is 44.4 Å². The molecule has 1 aromatic heterocycles. The van der Waals surface area contributed by atoms with Crippen LogP contribution < -0.4 is 10.6 Å². The van der Waals surface area contributed by atoms with Gasteiger partial charge in [0.2, 0.25) is 5.91 Å². The number of amides is 3. The van der Waals surface area contributed by atoms with Crippen LogP contribution in [0.4, 0.5) is 4.79 Å².